The van der Waals surface area contributed by atoms with Crippen LogP contribution in [-0.4, -0.2) is 23.0 Å². The van der Waals surface area contributed by atoms with Crippen LogP contribution < -0.4 is 5.32 Å². The fourth-order valence-electron chi connectivity index (χ4n) is 1.77. The highest BCUT2D eigenvalue weighted by Gasteiger charge is 2.26. The Morgan fingerprint density at radius 1 is 1.50 bits per heavy atom. The van der Waals surface area contributed by atoms with E-state index < -0.39 is 29.7 Å². The van der Waals surface area contributed by atoms with Crippen LogP contribution in [0.2, 0.25) is 0 Å². The Kier molecular flexibility index (Phi) is 5.66. The minimum Gasteiger partial charge on any atom is -0.480 e. The molecule has 1 aromatic carbocycles. The molecule has 0 aliphatic rings. The molecule has 106 valence electrons. The third kappa shape index (κ3) is 4.69. The molecule has 6 heteroatoms. The van der Waals surface area contributed by atoms with E-state index in [0.29, 0.717) is 5.56 Å². The quantitative estimate of drug-likeness (QED) is 0.824. The van der Waals surface area contributed by atoms with Crippen LogP contribution in [0, 0.1) is 23.1 Å². The number of aliphatic carboxylic acids is 1. The first-order chi connectivity index (χ1) is 9.43. The summed E-state index contributed by atoms with van der Waals surface area (Å²) in [6.07, 6.45) is -0.0853. The average Bonchev–Trinajstić information content (AvgIpc) is 2.35. The highest BCUT2D eigenvalue weighted by molar-refractivity contribution is 5.85. The average molecular weight is 278 g/mol. The molecular formula is C14H15FN2O3. The van der Waals surface area contributed by atoms with E-state index in [9.17, 15) is 14.0 Å². The molecule has 0 aliphatic carbocycles. The van der Waals surface area contributed by atoms with E-state index in [1.807, 2.05) is 6.07 Å². The van der Waals surface area contributed by atoms with Gasteiger partial charge in [0.1, 0.15) is 11.9 Å². The number of rotatable bonds is 6. The van der Waals surface area contributed by atoms with E-state index in [1.165, 1.54) is 18.2 Å². The number of carbonyl (C=O) groups excluding carboxylic acids is 1. The predicted molar refractivity (Wildman–Crippen MR) is 69.1 cm³/mol. The number of nitrogens with one attached hydrogen (secondary N) is 1. The number of halogens is 1. The lowest BCUT2D eigenvalue weighted by molar-refractivity contribution is -0.143. The summed E-state index contributed by atoms with van der Waals surface area (Å²) in [4.78, 5) is 22.8. The van der Waals surface area contributed by atoms with Crippen molar-refractivity contribution in [3.8, 4) is 6.07 Å². The molecule has 0 radical (unpaired) electrons. The maximum atomic E-state index is 13.0. The van der Waals surface area contributed by atoms with Crippen LogP contribution in [0.4, 0.5) is 4.39 Å². The molecule has 0 unspecified atom stereocenters. The lowest BCUT2D eigenvalue weighted by Gasteiger charge is -2.19. The summed E-state index contributed by atoms with van der Waals surface area (Å²) < 4.78 is 13.0. The van der Waals surface area contributed by atoms with Crippen molar-refractivity contribution in [3.05, 3.63) is 35.6 Å². The van der Waals surface area contributed by atoms with E-state index in [4.69, 9.17) is 10.4 Å². The van der Waals surface area contributed by atoms with Crippen molar-refractivity contribution >= 4 is 11.9 Å². The topological polar surface area (TPSA) is 90.2 Å². The lowest BCUT2D eigenvalue weighted by atomic mass is 9.98. The Hall–Kier alpha value is -2.42. The second-order valence-electron chi connectivity index (χ2n) is 4.53. The zero-order valence-corrected chi connectivity index (χ0v) is 11.0. The van der Waals surface area contributed by atoms with Crippen molar-refractivity contribution in [3.63, 3.8) is 0 Å². The minimum atomic E-state index is -1.19. The summed E-state index contributed by atoms with van der Waals surface area (Å²) >= 11 is 0. The van der Waals surface area contributed by atoms with Crippen LogP contribution in [0.1, 0.15) is 18.9 Å². The molecule has 0 fully saturated rings. The first-order valence-corrected chi connectivity index (χ1v) is 6.07. The SMILES string of the molecule is C[C@@H](CC#N)[C@@H](NC(=O)Cc1cccc(F)c1)C(=O)O. The molecule has 2 N–H and O–H groups in total. The Balaban J connectivity index is 2.67. The van der Waals surface area contributed by atoms with Crippen molar-refractivity contribution < 1.29 is 19.1 Å². The van der Waals surface area contributed by atoms with E-state index in [2.05, 4.69) is 5.32 Å². The molecule has 0 heterocycles. The maximum absolute atomic E-state index is 13.0. The first kappa shape index (κ1) is 15.6. The van der Waals surface area contributed by atoms with Crippen molar-refractivity contribution in [1.82, 2.24) is 5.32 Å². The van der Waals surface area contributed by atoms with Gasteiger partial charge in [-0.1, -0.05) is 19.1 Å². The number of carboxylic acids is 1. The van der Waals surface area contributed by atoms with Crippen LogP contribution in [0.5, 0.6) is 0 Å². The van der Waals surface area contributed by atoms with Gasteiger partial charge in [0.25, 0.3) is 0 Å². The lowest BCUT2D eigenvalue weighted by Crippen LogP contribution is -2.45. The van der Waals surface area contributed by atoms with Gasteiger partial charge in [0.2, 0.25) is 5.91 Å². The highest BCUT2D eigenvalue weighted by atomic mass is 19.1. The van der Waals surface area contributed by atoms with E-state index >= 15 is 0 Å². The molecule has 0 saturated heterocycles. The molecule has 1 amide bonds. The molecule has 0 saturated carbocycles. The van der Waals surface area contributed by atoms with E-state index in [-0.39, 0.29) is 12.8 Å². The molecular weight excluding hydrogens is 263 g/mol. The monoisotopic (exact) mass is 278 g/mol. The Bertz CT molecular complexity index is 539. The van der Waals surface area contributed by atoms with Crippen molar-refractivity contribution in [2.75, 3.05) is 0 Å². The summed E-state index contributed by atoms with van der Waals surface area (Å²) in [5, 5.41) is 20.0. The number of nitriles is 1. The smallest absolute Gasteiger partial charge is 0.326 e. The normalized spacial score (nSPS) is 13.1. The van der Waals surface area contributed by atoms with Gasteiger partial charge in [-0.3, -0.25) is 4.79 Å². The van der Waals surface area contributed by atoms with E-state index in [1.54, 1.807) is 13.0 Å². The van der Waals surface area contributed by atoms with Gasteiger partial charge in [-0.15, -0.1) is 0 Å². The second kappa shape index (κ2) is 7.24. The minimum absolute atomic E-state index is 0.0250. The summed E-state index contributed by atoms with van der Waals surface area (Å²) in [6, 6.07) is 6.27. The van der Waals surface area contributed by atoms with Crippen molar-refractivity contribution in [2.45, 2.75) is 25.8 Å². The fraction of sp³-hybridized carbons (Fsp3) is 0.357. The number of benzene rings is 1. The Labute approximate surface area is 116 Å². The van der Waals surface area contributed by atoms with Crippen LogP contribution in [-0.2, 0) is 16.0 Å². The van der Waals surface area contributed by atoms with Crippen molar-refractivity contribution in [2.24, 2.45) is 5.92 Å². The van der Waals surface area contributed by atoms with Crippen LogP contribution >= 0.6 is 0 Å². The van der Waals surface area contributed by atoms with Crippen LogP contribution in [0.3, 0.4) is 0 Å². The Morgan fingerprint density at radius 2 is 2.20 bits per heavy atom. The molecule has 2 atom stereocenters. The fourth-order valence-corrected chi connectivity index (χ4v) is 1.77. The van der Waals surface area contributed by atoms with Gasteiger partial charge in [0.05, 0.1) is 12.5 Å². The summed E-state index contributed by atoms with van der Waals surface area (Å²) in [5.41, 5.74) is 0.458. The van der Waals surface area contributed by atoms with Crippen LogP contribution in [0.25, 0.3) is 0 Å². The van der Waals surface area contributed by atoms with E-state index in [0.717, 1.165) is 0 Å². The summed E-state index contributed by atoms with van der Waals surface area (Å²) in [5.74, 6) is -2.68. The number of amides is 1. The highest BCUT2D eigenvalue weighted by Crippen LogP contribution is 2.09. The standard InChI is InChI=1S/C14H15FN2O3/c1-9(5-6-16)13(14(19)20)17-12(18)8-10-3-2-4-11(15)7-10/h2-4,7,9,13H,5,8H2,1H3,(H,17,18)(H,19,20)/t9-,13+/m0/s1. The van der Waals surface area contributed by atoms with Crippen LogP contribution in [0.15, 0.2) is 24.3 Å². The largest absolute Gasteiger partial charge is 0.480 e. The molecule has 1 aromatic rings. The Morgan fingerprint density at radius 3 is 2.75 bits per heavy atom. The number of hydrogen-bond acceptors (Lipinski definition) is 3. The number of hydrogen-bond donors (Lipinski definition) is 2. The molecule has 20 heavy (non-hydrogen) atoms. The molecule has 0 bridgehead atoms. The van der Waals surface area contributed by atoms with Gasteiger partial charge in [0.15, 0.2) is 0 Å². The number of carboxylic acid groups (broad SMARTS) is 1. The number of nitrogens with zero attached hydrogens (tertiary/aromatic N) is 1. The third-order valence-corrected chi connectivity index (χ3v) is 2.82. The van der Waals surface area contributed by atoms with Crippen molar-refractivity contribution in [1.29, 1.82) is 5.26 Å². The summed E-state index contributed by atoms with van der Waals surface area (Å²) in [7, 11) is 0. The number of carbonyl (C=O) groups is 2. The molecule has 0 aliphatic heterocycles. The first-order valence-electron chi connectivity index (χ1n) is 6.07. The van der Waals surface area contributed by atoms with Gasteiger partial charge >= 0.3 is 5.97 Å². The van der Waals surface area contributed by atoms with Gasteiger partial charge in [-0.2, -0.15) is 5.26 Å². The zero-order valence-electron chi connectivity index (χ0n) is 11.0. The van der Waals surface area contributed by atoms with Gasteiger partial charge in [-0.25, -0.2) is 9.18 Å². The zero-order chi connectivity index (χ0) is 15.1. The maximum Gasteiger partial charge on any atom is 0.326 e. The second-order valence-corrected chi connectivity index (χ2v) is 4.53. The van der Waals surface area contributed by atoms with Gasteiger partial charge in [-0.05, 0) is 17.7 Å². The van der Waals surface area contributed by atoms with Gasteiger partial charge in [0, 0.05) is 12.3 Å². The molecule has 0 aromatic heterocycles. The summed E-state index contributed by atoms with van der Waals surface area (Å²) in [6.45, 7) is 1.57. The predicted octanol–water partition coefficient (Wildman–Crippen LogP) is 1.49. The third-order valence-electron chi connectivity index (χ3n) is 2.82. The van der Waals surface area contributed by atoms with Gasteiger partial charge < -0.3 is 10.4 Å². The molecule has 0 spiro atoms. The molecule has 1 rings (SSSR count). The molecule has 5 nitrogen and oxygen atoms in total.